The van der Waals surface area contributed by atoms with Crippen LogP contribution < -0.4 is 5.11 Å². The fourth-order valence-electron chi connectivity index (χ4n) is 7.13. The predicted molar refractivity (Wildman–Crippen MR) is 240 cm³/mol. The summed E-state index contributed by atoms with van der Waals surface area (Å²) in [5, 5.41) is 11.6. The molecule has 0 saturated carbocycles. The molecule has 0 saturated heterocycles. The summed E-state index contributed by atoms with van der Waals surface area (Å²) in [4.78, 5) is 36.9. The second-order valence-electron chi connectivity index (χ2n) is 17.4. The van der Waals surface area contributed by atoms with Gasteiger partial charge >= 0.3 is 11.9 Å². The van der Waals surface area contributed by atoms with Crippen LogP contribution in [0.2, 0.25) is 0 Å². The third-order valence-electron chi connectivity index (χ3n) is 10.9. The average molecular weight is 818 g/mol. The van der Waals surface area contributed by atoms with Crippen molar-refractivity contribution >= 4 is 17.9 Å². The van der Waals surface area contributed by atoms with E-state index in [0.717, 1.165) is 51.4 Å². The Kier molecular flexibility index (Phi) is 39.5. The Morgan fingerprint density at radius 2 is 0.966 bits per heavy atom. The summed E-state index contributed by atoms with van der Waals surface area (Å²) in [5.74, 6) is -1.74. The zero-order valence-corrected chi connectivity index (χ0v) is 38.5. The molecule has 2 atom stereocenters. The van der Waals surface area contributed by atoms with Crippen molar-refractivity contribution in [1.29, 1.82) is 0 Å². The topological polar surface area (TPSA) is 102 Å². The predicted octanol–water partition coefficient (Wildman–Crippen LogP) is 12.1. The van der Waals surface area contributed by atoms with Gasteiger partial charge in [0.05, 0.1) is 40.3 Å². The molecule has 338 valence electrons. The molecule has 0 aliphatic rings. The van der Waals surface area contributed by atoms with E-state index in [1.165, 1.54) is 128 Å². The maximum Gasteiger partial charge on any atom is 0.306 e. The highest BCUT2D eigenvalue weighted by Gasteiger charge is 2.25. The Morgan fingerprint density at radius 3 is 1.41 bits per heavy atom. The Bertz CT molecular complexity index is 1050. The summed E-state index contributed by atoms with van der Waals surface area (Å²) in [6, 6.07) is -0.726. The van der Waals surface area contributed by atoms with Crippen molar-refractivity contribution in [1.82, 2.24) is 0 Å². The van der Waals surface area contributed by atoms with Crippen LogP contribution in [0.25, 0.3) is 0 Å². The minimum atomic E-state index is -1.13. The molecule has 0 aliphatic carbocycles. The van der Waals surface area contributed by atoms with Crippen molar-refractivity contribution in [3.63, 3.8) is 0 Å². The van der Waals surface area contributed by atoms with Crippen LogP contribution in [-0.2, 0) is 28.6 Å². The van der Waals surface area contributed by atoms with E-state index in [0.29, 0.717) is 12.8 Å². The number of carbonyl (C=O) groups is 3. The Morgan fingerprint density at radius 1 is 0.534 bits per heavy atom. The van der Waals surface area contributed by atoms with Crippen molar-refractivity contribution in [3.8, 4) is 0 Å². The van der Waals surface area contributed by atoms with Crippen LogP contribution in [0, 0.1) is 0 Å². The van der Waals surface area contributed by atoms with Crippen LogP contribution in [-0.4, -0.2) is 75.5 Å². The van der Waals surface area contributed by atoms with Crippen LogP contribution in [0.4, 0.5) is 0 Å². The highest BCUT2D eigenvalue weighted by Crippen LogP contribution is 2.16. The molecule has 0 rings (SSSR count). The van der Waals surface area contributed by atoms with E-state index in [2.05, 4.69) is 50.3 Å². The van der Waals surface area contributed by atoms with Gasteiger partial charge in [0.1, 0.15) is 12.6 Å². The molecule has 0 aliphatic heterocycles. The normalized spacial score (nSPS) is 13.2. The maximum absolute atomic E-state index is 12.8. The minimum absolute atomic E-state index is 0.0396. The van der Waals surface area contributed by atoms with Crippen LogP contribution in [0.15, 0.2) is 36.5 Å². The second-order valence-corrected chi connectivity index (χ2v) is 17.4. The molecule has 0 amide bonds. The van der Waals surface area contributed by atoms with Crippen molar-refractivity contribution in [3.05, 3.63) is 36.5 Å². The number of quaternary nitrogens is 1. The number of likely N-dealkylation sites (N-methyl/N-ethyl adjacent to an activating group) is 1. The molecular formula is C50H91NO7. The second kappa shape index (κ2) is 41.3. The maximum atomic E-state index is 12.8. The third kappa shape index (κ3) is 39.0. The van der Waals surface area contributed by atoms with E-state index in [1.54, 1.807) is 21.1 Å². The number of aliphatic carboxylic acids is 1. The standard InChI is InChI=1S/C50H91NO7/c1-6-8-10-12-14-16-18-20-22-23-24-25-27-29-31-33-35-37-39-41-49(53)58-46(44-56-43-42-47(50(54)55)51(3,4)5)45-57-48(52)40-38-36-34-32-30-28-26-21-19-17-15-13-11-9-7-2/h9,11,13,15,17,19,46-47H,6-8,10,12,14,16,18,20-45H2,1-5H3/b11-9+,15-13+,19-17+. The minimum Gasteiger partial charge on any atom is -0.544 e. The van der Waals surface area contributed by atoms with E-state index >= 15 is 0 Å². The van der Waals surface area contributed by atoms with Crippen molar-refractivity contribution in [2.75, 3.05) is 41.0 Å². The molecule has 0 heterocycles. The molecule has 8 nitrogen and oxygen atoms in total. The quantitative estimate of drug-likeness (QED) is 0.0261. The zero-order chi connectivity index (χ0) is 42.8. The molecule has 8 heteroatoms. The summed E-state index contributed by atoms with van der Waals surface area (Å²) in [7, 11) is 5.41. The zero-order valence-electron chi connectivity index (χ0n) is 38.5. The third-order valence-corrected chi connectivity index (χ3v) is 10.9. The summed E-state index contributed by atoms with van der Waals surface area (Å²) >= 11 is 0. The van der Waals surface area contributed by atoms with Gasteiger partial charge in [-0.2, -0.15) is 0 Å². The number of rotatable bonds is 43. The number of allylic oxidation sites excluding steroid dienone is 6. The number of nitrogens with zero attached hydrogens (tertiary/aromatic N) is 1. The van der Waals surface area contributed by atoms with Crippen molar-refractivity contribution in [2.45, 2.75) is 225 Å². The first-order valence-corrected chi connectivity index (χ1v) is 24.0. The molecular weight excluding hydrogens is 727 g/mol. The molecule has 0 fully saturated rings. The summed E-state index contributed by atoms with van der Waals surface area (Å²) in [6.07, 6.45) is 47.4. The summed E-state index contributed by atoms with van der Waals surface area (Å²) < 4.78 is 17.2. The number of hydrogen-bond donors (Lipinski definition) is 0. The lowest BCUT2D eigenvalue weighted by atomic mass is 10.0. The van der Waals surface area contributed by atoms with Gasteiger partial charge in [-0.05, 0) is 32.1 Å². The van der Waals surface area contributed by atoms with Gasteiger partial charge in [-0.1, -0.05) is 198 Å². The van der Waals surface area contributed by atoms with Gasteiger partial charge < -0.3 is 28.6 Å². The smallest absolute Gasteiger partial charge is 0.306 e. The Labute approximate surface area is 357 Å². The van der Waals surface area contributed by atoms with Crippen molar-refractivity contribution < 1.29 is 38.2 Å². The Balaban J connectivity index is 4.26. The van der Waals surface area contributed by atoms with Gasteiger partial charge in [0.2, 0.25) is 0 Å². The van der Waals surface area contributed by atoms with E-state index in [1.807, 2.05) is 0 Å². The van der Waals surface area contributed by atoms with Gasteiger partial charge in [-0.25, -0.2) is 0 Å². The summed E-state index contributed by atoms with van der Waals surface area (Å²) in [6.45, 7) is 4.55. The molecule has 58 heavy (non-hydrogen) atoms. The number of esters is 2. The lowest BCUT2D eigenvalue weighted by Crippen LogP contribution is -2.55. The largest absolute Gasteiger partial charge is 0.544 e. The number of carbonyl (C=O) groups excluding carboxylic acids is 3. The van der Waals surface area contributed by atoms with Crippen LogP contribution in [0.5, 0.6) is 0 Å². The molecule has 0 N–H and O–H groups in total. The van der Waals surface area contributed by atoms with Crippen molar-refractivity contribution in [2.24, 2.45) is 0 Å². The molecule has 2 unspecified atom stereocenters. The SMILES string of the molecule is CC/C=C/C=C/C=C/CCCCCCCCCC(=O)OCC(COCCC(C(=O)[O-])[N+](C)(C)C)OC(=O)CCCCCCCCCCCCCCCCCCCCC. The van der Waals surface area contributed by atoms with Gasteiger partial charge in [-0.3, -0.25) is 9.59 Å². The summed E-state index contributed by atoms with van der Waals surface area (Å²) in [5.41, 5.74) is 0. The van der Waals surface area contributed by atoms with Gasteiger partial charge in [0.25, 0.3) is 0 Å². The number of unbranched alkanes of at least 4 members (excludes halogenated alkanes) is 25. The molecule has 0 aromatic rings. The number of carboxylic acids is 1. The van der Waals surface area contributed by atoms with E-state index in [4.69, 9.17) is 14.2 Å². The molecule has 0 bridgehead atoms. The first-order valence-electron chi connectivity index (χ1n) is 24.0. The number of hydrogen-bond acceptors (Lipinski definition) is 7. The highest BCUT2D eigenvalue weighted by molar-refractivity contribution is 5.70. The van der Waals surface area contributed by atoms with E-state index < -0.39 is 18.1 Å². The molecule has 0 spiro atoms. The van der Waals surface area contributed by atoms with Crippen LogP contribution in [0.3, 0.4) is 0 Å². The van der Waals surface area contributed by atoms with Crippen LogP contribution in [0.1, 0.15) is 213 Å². The van der Waals surface area contributed by atoms with Gasteiger partial charge in [0.15, 0.2) is 6.10 Å². The van der Waals surface area contributed by atoms with E-state index in [-0.39, 0.29) is 42.7 Å². The van der Waals surface area contributed by atoms with Gasteiger partial charge in [0, 0.05) is 19.3 Å². The molecule has 0 aromatic carbocycles. The molecule has 0 aromatic heterocycles. The van der Waals surface area contributed by atoms with E-state index in [9.17, 15) is 19.5 Å². The lowest BCUT2D eigenvalue weighted by Gasteiger charge is -2.34. The number of ether oxygens (including phenoxy) is 3. The lowest BCUT2D eigenvalue weighted by molar-refractivity contribution is -0.889. The molecule has 0 radical (unpaired) electrons. The Hall–Kier alpha value is -2.45. The fraction of sp³-hybridized carbons (Fsp3) is 0.820. The fourth-order valence-corrected chi connectivity index (χ4v) is 7.13. The highest BCUT2D eigenvalue weighted by atomic mass is 16.6. The average Bonchev–Trinajstić information content (AvgIpc) is 3.18. The monoisotopic (exact) mass is 818 g/mol. The number of carboxylic acid groups (broad SMARTS) is 1. The van der Waals surface area contributed by atoms with Crippen LogP contribution >= 0.6 is 0 Å². The first kappa shape index (κ1) is 55.5. The first-order chi connectivity index (χ1) is 28.1. The van der Waals surface area contributed by atoms with Gasteiger partial charge in [-0.15, -0.1) is 0 Å².